The van der Waals surface area contributed by atoms with Crippen LogP contribution in [0.15, 0.2) is 58.1 Å². The summed E-state index contributed by atoms with van der Waals surface area (Å²) in [6.45, 7) is 7.34. The van der Waals surface area contributed by atoms with Gasteiger partial charge in [0.25, 0.3) is 5.91 Å². The second-order valence-electron chi connectivity index (χ2n) is 10.7. The fourth-order valence-electron chi connectivity index (χ4n) is 5.11. The van der Waals surface area contributed by atoms with Gasteiger partial charge in [-0.05, 0) is 79.9 Å². The molecular formula is C34H40N4O9. The van der Waals surface area contributed by atoms with Crippen molar-refractivity contribution in [3.8, 4) is 17.1 Å². The van der Waals surface area contributed by atoms with E-state index < -0.39 is 29.7 Å². The van der Waals surface area contributed by atoms with Crippen LogP contribution in [0, 0.1) is 17.7 Å². The first-order chi connectivity index (χ1) is 22.7. The molecule has 0 aliphatic heterocycles. The number of amides is 3. The Hall–Kier alpha value is -5.33. The lowest BCUT2D eigenvalue weighted by molar-refractivity contribution is -0.171. The maximum atomic E-state index is 13.4. The molecule has 0 aliphatic rings. The third kappa shape index (κ3) is 9.58. The highest BCUT2D eigenvalue weighted by Gasteiger charge is 2.34. The molecule has 2 atom stereocenters. The summed E-state index contributed by atoms with van der Waals surface area (Å²) >= 11 is 0. The van der Waals surface area contributed by atoms with E-state index in [1.54, 1.807) is 45.0 Å². The number of furan rings is 1. The standard InChI is InChI=1S/C34H40N4O9/c1-5-8-9-10-27(28(6-2)38(21-40)47-34(43)26-14-13-25(37-44)17-22(26)4)32(41)35-20-36-33(42)30-16-15-29(46-30)23-11-12-24(19-39)31(18-23)45-7-3/h11-19,21,27-28H,5-10,20H2,1-4H3,(H,35,41)(H,36,42). The second-order valence-corrected chi connectivity index (χ2v) is 10.7. The van der Waals surface area contributed by atoms with E-state index in [-0.39, 0.29) is 23.7 Å². The fourth-order valence-corrected chi connectivity index (χ4v) is 5.11. The number of hydrogen-bond donors (Lipinski definition) is 2. The first-order valence-electron chi connectivity index (χ1n) is 15.5. The van der Waals surface area contributed by atoms with Crippen LogP contribution in [0.25, 0.3) is 11.3 Å². The largest absolute Gasteiger partial charge is 0.493 e. The molecule has 0 radical (unpaired) electrons. The van der Waals surface area contributed by atoms with Crippen LogP contribution in [0.1, 0.15) is 89.7 Å². The highest BCUT2D eigenvalue weighted by atomic mass is 16.7. The highest BCUT2D eigenvalue weighted by molar-refractivity contribution is 5.93. The predicted molar refractivity (Wildman–Crippen MR) is 173 cm³/mol. The molecule has 13 heteroatoms. The van der Waals surface area contributed by atoms with Crippen LogP contribution >= 0.6 is 0 Å². The molecule has 0 fully saturated rings. The van der Waals surface area contributed by atoms with Crippen LogP contribution < -0.4 is 15.4 Å². The number of hydroxylamine groups is 2. The minimum absolute atomic E-state index is 0.00361. The molecule has 0 saturated heterocycles. The zero-order chi connectivity index (χ0) is 34.3. The Balaban J connectivity index is 1.68. The molecule has 3 amide bonds. The molecule has 0 spiro atoms. The van der Waals surface area contributed by atoms with Crippen LogP contribution in [0.2, 0.25) is 0 Å². The summed E-state index contributed by atoms with van der Waals surface area (Å²) in [5.74, 6) is -1.81. The van der Waals surface area contributed by atoms with Gasteiger partial charge in [-0.15, -0.1) is 4.91 Å². The number of nitrogens with zero attached hydrogens (tertiary/aromatic N) is 2. The molecule has 3 aromatic rings. The molecule has 3 rings (SSSR count). The average Bonchev–Trinajstić information content (AvgIpc) is 3.58. The molecule has 0 aliphatic carbocycles. The Bertz CT molecular complexity index is 1570. The molecular weight excluding hydrogens is 608 g/mol. The Kier molecular flexibility index (Phi) is 13.8. The summed E-state index contributed by atoms with van der Waals surface area (Å²) in [6.07, 6.45) is 4.19. The lowest BCUT2D eigenvalue weighted by Gasteiger charge is -2.32. The summed E-state index contributed by atoms with van der Waals surface area (Å²) in [6, 6.07) is 11.4. The lowest BCUT2D eigenvalue weighted by atomic mass is 9.90. The van der Waals surface area contributed by atoms with Gasteiger partial charge in [-0.2, -0.15) is 5.06 Å². The van der Waals surface area contributed by atoms with E-state index in [4.69, 9.17) is 14.0 Å². The zero-order valence-electron chi connectivity index (χ0n) is 26.9. The van der Waals surface area contributed by atoms with Crippen molar-refractivity contribution < 1.29 is 38.0 Å². The quantitative estimate of drug-likeness (QED) is 0.0529. The van der Waals surface area contributed by atoms with Crippen molar-refractivity contribution in [2.45, 2.75) is 65.8 Å². The Morgan fingerprint density at radius 2 is 1.79 bits per heavy atom. The molecule has 0 saturated carbocycles. The maximum absolute atomic E-state index is 13.4. The van der Waals surface area contributed by atoms with Crippen LogP contribution in [0.5, 0.6) is 5.75 Å². The van der Waals surface area contributed by atoms with E-state index >= 15 is 0 Å². The van der Waals surface area contributed by atoms with Gasteiger partial charge in [-0.3, -0.25) is 19.2 Å². The van der Waals surface area contributed by atoms with E-state index in [0.717, 1.165) is 17.9 Å². The topological polar surface area (TPSA) is 174 Å². The number of benzene rings is 2. The molecule has 1 heterocycles. The number of carbonyl (C=O) groups excluding carboxylic acids is 5. The third-order valence-corrected chi connectivity index (χ3v) is 7.56. The van der Waals surface area contributed by atoms with E-state index in [1.165, 1.54) is 24.3 Å². The number of aryl methyl sites for hydroxylation is 1. The minimum atomic E-state index is -0.822. The van der Waals surface area contributed by atoms with Gasteiger partial charge < -0.3 is 24.6 Å². The average molecular weight is 649 g/mol. The van der Waals surface area contributed by atoms with Crippen LogP contribution in [0.4, 0.5) is 5.69 Å². The van der Waals surface area contributed by atoms with Crippen molar-refractivity contribution in [3.63, 3.8) is 0 Å². The first kappa shape index (κ1) is 36.1. The molecule has 0 bridgehead atoms. The molecule has 47 heavy (non-hydrogen) atoms. The van der Waals surface area contributed by atoms with Crippen molar-refractivity contribution in [1.29, 1.82) is 0 Å². The van der Waals surface area contributed by atoms with Gasteiger partial charge >= 0.3 is 5.97 Å². The van der Waals surface area contributed by atoms with Crippen LogP contribution in [0.3, 0.4) is 0 Å². The molecule has 250 valence electrons. The number of aldehydes is 1. The van der Waals surface area contributed by atoms with Gasteiger partial charge in [0, 0.05) is 5.56 Å². The highest BCUT2D eigenvalue weighted by Crippen LogP contribution is 2.28. The van der Waals surface area contributed by atoms with Crippen molar-refractivity contribution in [2.24, 2.45) is 11.1 Å². The van der Waals surface area contributed by atoms with Crippen LogP contribution in [-0.2, 0) is 14.4 Å². The van der Waals surface area contributed by atoms with Crippen molar-refractivity contribution in [1.82, 2.24) is 15.7 Å². The summed E-state index contributed by atoms with van der Waals surface area (Å²) in [7, 11) is 0. The fraction of sp³-hybridized carbons (Fsp3) is 0.382. The molecule has 2 N–H and O–H groups in total. The molecule has 13 nitrogen and oxygen atoms in total. The summed E-state index contributed by atoms with van der Waals surface area (Å²) in [5, 5.41) is 9.00. The van der Waals surface area contributed by atoms with Crippen LogP contribution in [-0.4, -0.2) is 54.9 Å². The molecule has 2 unspecified atom stereocenters. The van der Waals surface area contributed by atoms with Crippen molar-refractivity contribution in [2.75, 3.05) is 13.3 Å². The summed E-state index contributed by atoms with van der Waals surface area (Å²) in [4.78, 5) is 78.9. The van der Waals surface area contributed by atoms with Crippen molar-refractivity contribution in [3.05, 3.63) is 75.9 Å². The number of hydrogen-bond acceptors (Lipinski definition) is 10. The van der Waals surface area contributed by atoms with E-state index in [0.29, 0.717) is 66.8 Å². The van der Waals surface area contributed by atoms with E-state index in [9.17, 15) is 28.9 Å². The minimum Gasteiger partial charge on any atom is -0.493 e. The molecule has 2 aromatic carbocycles. The van der Waals surface area contributed by atoms with E-state index in [2.05, 4.69) is 15.8 Å². The van der Waals surface area contributed by atoms with Gasteiger partial charge in [-0.1, -0.05) is 39.2 Å². The normalized spacial score (nSPS) is 11.9. The van der Waals surface area contributed by atoms with E-state index in [1.807, 2.05) is 6.92 Å². The number of ether oxygens (including phenoxy) is 1. The number of nitrogens with one attached hydrogen (secondary N) is 2. The van der Waals surface area contributed by atoms with Gasteiger partial charge in [0.2, 0.25) is 12.3 Å². The maximum Gasteiger partial charge on any atom is 0.363 e. The van der Waals surface area contributed by atoms with Gasteiger partial charge in [0.1, 0.15) is 17.2 Å². The Morgan fingerprint density at radius 3 is 2.43 bits per heavy atom. The Labute approximate surface area is 272 Å². The smallest absolute Gasteiger partial charge is 0.363 e. The lowest BCUT2D eigenvalue weighted by Crippen LogP contribution is -2.49. The summed E-state index contributed by atoms with van der Waals surface area (Å²) in [5.41, 5.74) is 1.72. The predicted octanol–water partition coefficient (Wildman–Crippen LogP) is 5.87. The number of carbonyl (C=O) groups is 5. The number of nitroso groups, excluding NO2 is 1. The van der Waals surface area contributed by atoms with Gasteiger partial charge in [-0.25, -0.2) is 4.79 Å². The first-order valence-corrected chi connectivity index (χ1v) is 15.5. The molecule has 1 aromatic heterocycles. The summed E-state index contributed by atoms with van der Waals surface area (Å²) < 4.78 is 11.2. The SMILES string of the molecule is CCCCCC(C(=O)NCNC(=O)c1ccc(-c2ccc(C=O)c(OCC)c2)o1)C(CC)N(C=O)OC(=O)c1ccc(N=O)cc1C. The second kappa shape index (κ2) is 18.0. The zero-order valence-corrected chi connectivity index (χ0v) is 26.9. The van der Waals surface area contributed by atoms with Gasteiger partial charge in [0.15, 0.2) is 12.0 Å². The third-order valence-electron chi connectivity index (χ3n) is 7.56. The monoisotopic (exact) mass is 648 g/mol. The Morgan fingerprint density at radius 1 is 1.00 bits per heavy atom. The number of unbranched alkanes of at least 4 members (excludes halogenated alkanes) is 2. The van der Waals surface area contributed by atoms with Gasteiger partial charge in [0.05, 0.1) is 36.4 Å². The number of rotatable bonds is 19. The van der Waals surface area contributed by atoms with Crippen molar-refractivity contribution >= 4 is 36.2 Å².